The van der Waals surface area contributed by atoms with Crippen molar-refractivity contribution in [3.8, 4) is 0 Å². The molecule has 1 amide bonds. The number of carbonyl (C=O) groups excluding carboxylic acids is 1. The summed E-state index contributed by atoms with van der Waals surface area (Å²) < 4.78 is 22.9. The minimum Gasteiger partial charge on any atom is -0.354 e. The highest BCUT2D eigenvalue weighted by Crippen LogP contribution is 2.25. The molecule has 5 nitrogen and oxygen atoms in total. The molecule has 6 heteroatoms. The van der Waals surface area contributed by atoms with Crippen molar-refractivity contribution in [3.63, 3.8) is 0 Å². The molecule has 0 aromatic heterocycles. The Morgan fingerprint density at radius 2 is 1.50 bits per heavy atom. The Labute approximate surface area is 130 Å². The lowest BCUT2D eigenvalue weighted by molar-refractivity contribution is -0.115. The first kappa shape index (κ1) is 16.0. The molecule has 0 saturated heterocycles. The molecule has 0 aliphatic rings. The second-order valence-electron chi connectivity index (χ2n) is 5.00. The van der Waals surface area contributed by atoms with E-state index in [0.717, 1.165) is 11.9 Å². The van der Waals surface area contributed by atoms with Crippen LogP contribution in [0.25, 0.3) is 0 Å². The van der Waals surface area contributed by atoms with E-state index < -0.39 is 21.0 Å². The Bertz CT molecular complexity index is 758. The summed E-state index contributed by atoms with van der Waals surface area (Å²) >= 11 is 0. The Kier molecular flexibility index (Phi) is 4.82. The van der Waals surface area contributed by atoms with Gasteiger partial charge in [0.05, 0.1) is 11.4 Å². The fourth-order valence-electron chi connectivity index (χ4n) is 1.81. The number of sulfone groups is 1. The first-order chi connectivity index (χ1) is 10.4. The summed E-state index contributed by atoms with van der Waals surface area (Å²) in [6, 6.07) is 16.6. The minimum absolute atomic E-state index is 0.534. The highest BCUT2D eigenvalue weighted by molar-refractivity contribution is 7.92. The normalized spacial score (nSPS) is 12.5. The van der Waals surface area contributed by atoms with E-state index >= 15 is 0 Å². The van der Waals surface area contributed by atoms with Gasteiger partial charge >= 0.3 is 0 Å². The SMILES string of the molecule is C[C@@H](C(=O)Nc1ccccc1Nc1ccccc1)S(C)(=O)=O. The van der Waals surface area contributed by atoms with E-state index in [1.54, 1.807) is 12.1 Å². The predicted octanol–water partition coefficient (Wildman–Crippen LogP) is 2.80. The van der Waals surface area contributed by atoms with E-state index in [9.17, 15) is 13.2 Å². The number of rotatable bonds is 5. The number of hydrogen-bond acceptors (Lipinski definition) is 4. The van der Waals surface area contributed by atoms with E-state index in [1.807, 2.05) is 42.5 Å². The van der Waals surface area contributed by atoms with Crippen molar-refractivity contribution in [3.05, 3.63) is 54.6 Å². The fraction of sp³-hybridized carbons (Fsp3) is 0.188. The monoisotopic (exact) mass is 318 g/mol. The molecular formula is C16H18N2O3S. The molecule has 22 heavy (non-hydrogen) atoms. The van der Waals surface area contributed by atoms with Crippen molar-refractivity contribution >= 4 is 32.8 Å². The van der Waals surface area contributed by atoms with Crippen LogP contribution in [0.15, 0.2) is 54.6 Å². The summed E-state index contributed by atoms with van der Waals surface area (Å²) in [6.07, 6.45) is 1.05. The topological polar surface area (TPSA) is 75.3 Å². The van der Waals surface area contributed by atoms with Gasteiger partial charge in [0.2, 0.25) is 5.91 Å². The van der Waals surface area contributed by atoms with E-state index in [0.29, 0.717) is 11.4 Å². The van der Waals surface area contributed by atoms with Crippen LogP contribution in [0.2, 0.25) is 0 Å². The van der Waals surface area contributed by atoms with Crippen molar-refractivity contribution < 1.29 is 13.2 Å². The third-order valence-electron chi connectivity index (χ3n) is 3.25. The molecule has 0 aliphatic heterocycles. The van der Waals surface area contributed by atoms with Gasteiger partial charge in [0.15, 0.2) is 9.84 Å². The molecule has 2 aromatic carbocycles. The lowest BCUT2D eigenvalue weighted by Gasteiger charge is -2.15. The average Bonchev–Trinajstić information content (AvgIpc) is 2.48. The molecule has 0 heterocycles. The van der Waals surface area contributed by atoms with Gasteiger partial charge < -0.3 is 10.6 Å². The zero-order valence-corrected chi connectivity index (χ0v) is 13.2. The summed E-state index contributed by atoms with van der Waals surface area (Å²) in [5.74, 6) is -0.551. The second kappa shape index (κ2) is 6.62. The third kappa shape index (κ3) is 4.08. The summed E-state index contributed by atoms with van der Waals surface area (Å²) in [6.45, 7) is 1.37. The van der Waals surface area contributed by atoms with Crippen LogP contribution in [0.4, 0.5) is 17.1 Å². The summed E-state index contributed by atoms with van der Waals surface area (Å²) in [5, 5.41) is 4.75. The Morgan fingerprint density at radius 3 is 2.09 bits per heavy atom. The number of anilines is 3. The predicted molar refractivity (Wildman–Crippen MR) is 89.1 cm³/mol. The van der Waals surface area contributed by atoms with Crippen molar-refractivity contribution in [2.45, 2.75) is 12.2 Å². The molecule has 0 aliphatic carbocycles. The van der Waals surface area contributed by atoms with E-state index in [2.05, 4.69) is 10.6 Å². The fourth-order valence-corrected chi connectivity index (χ4v) is 2.25. The molecule has 0 radical (unpaired) electrons. The molecule has 2 rings (SSSR count). The molecule has 0 unspecified atom stereocenters. The quantitative estimate of drug-likeness (QED) is 0.889. The Hall–Kier alpha value is -2.34. The number of hydrogen-bond donors (Lipinski definition) is 2. The smallest absolute Gasteiger partial charge is 0.242 e. The van der Waals surface area contributed by atoms with Gasteiger partial charge in [-0.3, -0.25) is 4.79 Å². The number of carbonyl (C=O) groups is 1. The maximum absolute atomic E-state index is 12.0. The van der Waals surface area contributed by atoms with Crippen molar-refractivity contribution in [2.75, 3.05) is 16.9 Å². The van der Waals surface area contributed by atoms with Gasteiger partial charge in [-0.05, 0) is 31.2 Å². The van der Waals surface area contributed by atoms with E-state index in [-0.39, 0.29) is 0 Å². The molecule has 2 aromatic rings. The molecular weight excluding hydrogens is 300 g/mol. The van der Waals surface area contributed by atoms with Gasteiger partial charge in [-0.1, -0.05) is 30.3 Å². The van der Waals surface area contributed by atoms with Gasteiger partial charge in [0.25, 0.3) is 0 Å². The molecule has 0 saturated carbocycles. The van der Waals surface area contributed by atoms with Gasteiger partial charge in [0, 0.05) is 11.9 Å². The van der Waals surface area contributed by atoms with Gasteiger partial charge in [-0.2, -0.15) is 0 Å². The largest absolute Gasteiger partial charge is 0.354 e. The molecule has 0 bridgehead atoms. The molecule has 0 fully saturated rings. The third-order valence-corrected chi connectivity index (χ3v) is 4.75. The van der Waals surface area contributed by atoms with Gasteiger partial charge in [-0.25, -0.2) is 8.42 Å². The van der Waals surface area contributed by atoms with E-state index in [1.165, 1.54) is 6.92 Å². The first-order valence-electron chi connectivity index (χ1n) is 6.79. The van der Waals surface area contributed by atoms with Crippen molar-refractivity contribution in [1.82, 2.24) is 0 Å². The van der Waals surface area contributed by atoms with Crippen molar-refractivity contribution in [1.29, 1.82) is 0 Å². The number of benzene rings is 2. The molecule has 0 spiro atoms. The lowest BCUT2D eigenvalue weighted by atomic mass is 10.2. The Morgan fingerprint density at radius 1 is 0.955 bits per heavy atom. The molecule has 116 valence electrons. The summed E-state index contributed by atoms with van der Waals surface area (Å²) in [5.41, 5.74) is 2.11. The second-order valence-corrected chi connectivity index (χ2v) is 7.36. The van der Waals surface area contributed by atoms with Gasteiger partial charge in [-0.15, -0.1) is 0 Å². The van der Waals surface area contributed by atoms with Crippen LogP contribution >= 0.6 is 0 Å². The number of para-hydroxylation sites is 3. The number of amides is 1. The van der Waals surface area contributed by atoms with Crippen LogP contribution < -0.4 is 10.6 Å². The molecule has 1 atom stereocenters. The summed E-state index contributed by atoms with van der Waals surface area (Å²) in [4.78, 5) is 12.0. The molecule has 2 N–H and O–H groups in total. The maximum Gasteiger partial charge on any atom is 0.242 e. The first-order valence-corrected chi connectivity index (χ1v) is 8.74. The lowest BCUT2D eigenvalue weighted by Crippen LogP contribution is -2.31. The summed E-state index contributed by atoms with van der Waals surface area (Å²) in [7, 11) is -3.43. The van der Waals surface area contributed by atoms with Gasteiger partial charge in [0.1, 0.15) is 5.25 Å². The van der Waals surface area contributed by atoms with Crippen LogP contribution in [-0.2, 0) is 14.6 Å². The van der Waals surface area contributed by atoms with Crippen molar-refractivity contribution in [2.24, 2.45) is 0 Å². The van der Waals surface area contributed by atoms with Crippen LogP contribution in [0.1, 0.15) is 6.92 Å². The highest BCUT2D eigenvalue weighted by atomic mass is 32.2. The van der Waals surface area contributed by atoms with Crippen LogP contribution in [-0.4, -0.2) is 25.8 Å². The average molecular weight is 318 g/mol. The zero-order valence-electron chi connectivity index (χ0n) is 12.4. The Balaban J connectivity index is 2.20. The highest BCUT2D eigenvalue weighted by Gasteiger charge is 2.24. The van der Waals surface area contributed by atoms with Crippen LogP contribution in [0, 0.1) is 0 Å². The van der Waals surface area contributed by atoms with Crippen LogP contribution in [0.5, 0.6) is 0 Å². The number of nitrogens with one attached hydrogen (secondary N) is 2. The van der Waals surface area contributed by atoms with E-state index in [4.69, 9.17) is 0 Å². The maximum atomic E-state index is 12.0. The van der Waals surface area contributed by atoms with Crippen LogP contribution in [0.3, 0.4) is 0 Å². The minimum atomic E-state index is -3.43. The zero-order chi connectivity index (χ0) is 16.2. The standard InChI is InChI=1S/C16H18N2O3S/c1-12(22(2,20)21)16(19)18-15-11-7-6-10-14(15)17-13-8-4-3-5-9-13/h3-12,17H,1-2H3,(H,18,19)/t12-/m0/s1.